The van der Waals surface area contributed by atoms with Crippen LogP contribution < -0.4 is 0 Å². The van der Waals surface area contributed by atoms with Gasteiger partial charge in [0.1, 0.15) is 5.78 Å². The summed E-state index contributed by atoms with van der Waals surface area (Å²) >= 11 is 0. The minimum Gasteiger partial charge on any atom is -0.298 e. The molecular weight excluding hydrogens is 304 g/mol. The van der Waals surface area contributed by atoms with E-state index in [1.807, 2.05) is 0 Å². The van der Waals surface area contributed by atoms with Crippen molar-refractivity contribution in [2.45, 2.75) is 110 Å². The summed E-state index contributed by atoms with van der Waals surface area (Å²) < 4.78 is 0. The first-order chi connectivity index (χ1) is 12.1. The van der Waals surface area contributed by atoms with E-state index in [0.29, 0.717) is 0 Å². The molecule has 25 heavy (non-hydrogen) atoms. The van der Waals surface area contributed by atoms with Crippen molar-refractivity contribution in [3.05, 3.63) is 0 Å². The topological polar surface area (TPSA) is 17.1 Å². The van der Waals surface area contributed by atoms with Crippen LogP contribution in [0, 0.1) is 34.5 Å². The van der Waals surface area contributed by atoms with Crippen LogP contribution in [-0.4, -0.2) is 5.78 Å². The summed E-state index contributed by atoms with van der Waals surface area (Å²) in [6.45, 7) is 4.68. The quantitative estimate of drug-likeness (QED) is 0.542. The van der Waals surface area contributed by atoms with Crippen LogP contribution in [-0.2, 0) is 4.79 Å². The second kappa shape index (κ2) is 7.01. The first-order valence-electron chi connectivity index (χ1n) is 11.7. The van der Waals surface area contributed by atoms with Crippen molar-refractivity contribution in [2.24, 2.45) is 34.5 Å². The van der Waals surface area contributed by atoms with Crippen molar-refractivity contribution >= 4 is 5.78 Å². The average Bonchev–Trinajstić information content (AvgIpc) is 2.69. The maximum Gasteiger partial charge on any atom is 0.145 e. The molecule has 4 aliphatic rings. The van der Waals surface area contributed by atoms with Gasteiger partial charge in [-0.1, -0.05) is 39.5 Å². The van der Waals surface area contributed by atoms with E-state index in [9.17, 15) is 4.79 Å². The third kappa shape index (κ3) is 3.12. The highest BCUT2D eigenvalue weighted by Crippen LogP contribution is 2.64. The molecule has 0 radical (unpaired) electrons. The summed E-state index contributed by atoms with van der Waals surface area (Å²) in [7, 11) is 0. The van der Waals surface area contributed by atoms with Crippen molar-refractivity contribution in [1.29, 1.82) is 0 Å². The molecule has 0 aliphatic heterocycles. The van der Waals surface area contributed by atoms with Crippen molar-refractivity contribution in [1.82, 2.24) is 0 Å². The fourth-order valence-electron chi connectivity index (χ4n) is 7.44. The summed E-state index contributed by atoms with van der Waals surface area (Å²) in [5, 5.41) is 0. The van der Waals surface area contributed by atoms with Crippen LogP contribution in [0.5, 0.6) is 0 Å². The molecule has 0 aromatic heterocycles. The molecule has 2 spiro atoms. The molecule has 0 N–H and O–H groups in total. The summed E-state index contributed by atoms with van der Waals surface area (Å²) in [5.74, 6) is 4.58. The number of rotatable bonds is 3. The molecule has 1 nitrogen and oxygen atoms in total. The molecule has 4 saturated carbocycles. The highest BCUT2D eigenvalue weighted by Gasteiger charge is 2.63. The van der Waals surface area contributed by atoms with Gasteiger partial charge in [-0.3, -0.25) is 4.79 Å². The van der Waals surface area contributed by atoms with Gasteiger partial charge < -0.3 is 0 Å². The van der Waals surface area contributed by atoms with Gasteiger partial charge in [0.05, 0.1) is 0 Å². The van der Waals surface area contributed by atoms with E-state index >= 15 is 0 Å². The van der Waals surface area contributed by atoms with Crippen LogP contribution in [0.1, 0.15) is 110 Å². The minimum atomic E-state index is 0.149. The van der Waals surface area contributed by atoms with E-state index in [-0.39, 0.29) is 10.8 Å². The van der Waals surface area contributed by atoms with Gasteiger partial charge in [-0.05, 0) is 94.3 Å². The Morgan fingerprint density at radius 3 is 1.60 bits per heavy atom. The summed E-state index contributed by atoms with van der Waals surface area (Å²) in [4.78, 5) is 13.3. The zero-order valence-electron chi connectivity index (χ0n) is 16.8. The lowest BCUT2D eigenvalue weighted by Crippen LogP contribution is -2.59. The van der Waals surface area contributed by atoms with E-state index in [1.54, 1.807) is 0 Å². The van der Waals surface area contributed by atoms with Crippen LogP contribution in [0.25, 0.3) is 0 Å². The third-order valence-corrected chi connectivity index (χ3v) is 9.40. The van der Waals surface area contributed by atoms with Gasteiger partial charge >= 0.3 is 0 Å². The Kier molecular flexibility index (Phi) is 5.06. The number of hydrogen-bond donors (Lipinski definition) is 0. The zero-order valence-corrected chi connectivity index (χ0v) is 16.8. The SMILES string of the molecule is CCC1CCC([C@H]2CC[C@]3(CC2)C[C@@]2(CCC(CC)CC2)C3=O)CC1. The van der Waals surface area contributed by atoms with Crippen molar-refractivity contribution in [2.75, 3.05) is 0 Å². The molecule has 4 rings (SSSR count). The fraction of sp³-hybridized carbons (Fsp3) is 0.958. The van der Waals surface area contributed by atoms with E-state index in [2.05, 4.69) is 13.8 Å². The number of ketones is 1. The van der Waals surface area contributed by atoms with Crippen LogP contribution in [0.3, 0.4) is 0 Å². The molecule has 0 amide bonds. The zero-order chi connectivity index (χ0) is 17.5. The van der Waals surface area contributed by atoms with Crippen LogP contribution in [0.2, 0.25) is 0 Å². The molecule has 4 aliphatic carbocycles. The van der Waals surface area contributed by atoms with Gasteiger partial charge in [0.2, 0.25) is 0 Å². The molecule has 142 valence electrons. The first kappa shape index (κ1) is 18.1. The maximum atomic E-state index is 13.3. The monoisotopic (exact) mass is 344 g/mol. The second-order valence-corrected chi connectivity index (χ2v) is 10.4. The van der Waals surface area contributed by atoms with E-state index in [0.717, 1.165) is 29.5 Å². The molecule has 0 saturated heterocycles. The Hall–Kier alpha value is -0.330. The Morgan fingerprint density at radius 2 is 1.12 bits per heavy atom. The lowest BCUT2D eigenvalue weighted by molar-refractivity contribution is -0.169. The van der Waals surface area contributed by atoms with Crippen LogP contribution in [0.4, 0.5) is 0 Å². The predicted octanol–water partition coefficient (Wildman–Crippen LogP) is 6.94. The number of carbonyl (C=O) groups excluding carboxylic acids is 1. The van der Waals surface area contributed by atoms with E-state index in [4.69, 9.17) is 0 Å². The fourth-order valence-corrected chi connectivity index (χ4v) is 7.44. The Morgan fingerprint density at radius 1 is 0.680 bits per heavy atom. The molecule has 0 unspecified atom stereocenters. The highest BCUT2D eigenvalue weighted by atomic mass is 16.1. The lowest BCUT2D eigenvalue weighted by atomic mass is 9.43. The Balaban J connectivity index is 1.29. The normalized spacial score (nSPS) is 47.8. The minimum absolute atomic E-state index is 0.149. The molecular formula is C24H40O. The van der Waals surface area contributed by atoms with Gasteiger partial charge in [-0.25, -0.2) is 0 Å². The number of carbonyl (C=O) groups is 1. The molecule has 1 heteroatoms. The summed E-state index contributed by atoms with van der Waals surface area (Å²) in [6, 6.07) is 0. The van der Waals surface area contributed by atoms with Gasteiger partial charge in [-0.2, -0.15) is 0 Å². The summed E-state index contributed by atoms with van der Waals surface area (Å²) in [6.07, 6.45) is 20.2. The molecule has 0 atom stereocenters. The van der Waals surface area contributed by atoms with Gasteiger partial charge in [-0.15, -0.1) is 0 Å². The number of Topliss-reactive ketones (excluding diaryl/α,β-unsaturated/α-hetero) is 1. The molecule has 0 aromatic rings. The first-order valence-corrected chi connectivity index (χ1v) is 11.7. The van der Waals surface area contributed by atoms with Crippen LogP contribution in [0.15, 0.2) is 0 Å². The Labute approximate surface area is 155 Å². The smallest absolute Gasteiger partial charge is 0.145 e. The molecule has 0 bridgehead atoms. The molecule has 4 fully saturated rings. The third-order valence-electron chi connectivity index (χ3n) is 9.40. The van der Waals surface area contributed by atoms with Gasteiger partial charge in [0.15, 0.2) is 0 Å². The second-order valence-electron chi connectivity index (χ2n) is 10.4. The van der Waals surface area contributed by atoms with Crippen molar-refractivity contribution < 1.29 is 4.79 Å². The Bertz CT molecular complexity index is 468. The predicted molar refractivity (Wildman–Crippen MR) is 104 cm³/mol. The highest BCUT2D eigenvalue weighted by molar-refractivity contribution is 5.96. The van der Waals surface area contributed by atoms with E-state index < -0.39 is 0 Å². The number of hydrogen-bond acceptors (Lipinski definition) is 1. The lowest BCUT2D eigenvalue weighted by Gasteiger charge is -2.59. The molecule has 0 heterocycles. The standard InChI is InChI=1S/C24H40O/c1-3-18-5-7-20(8-6-18)21-11-15-24(16-12-21)17-23(22(24)25)13-9-19(4-2)10-14-23/h18-21H,3-17H2,1-2H3/t18?,19?,20?,21-,23-,24-. The summed E-state index contributed by atoms with van der Waals surface area (Å²) in [5.41, 5.74) is 0.299. The van der Waals surface area contributed by atoms with E-state index in [1.165, 1.54) is 96.3 Å². The maximum absolute atomic E-state index is 13.3. The van der Waals surface area contributed by atoms with Crippen LogP contribution >= 0.6 is 0 Å². The van der Waals surface area contributed by atoms with Crippen molar-refractivity contribution in [3.8, 4) is 0 Å². The largest absolute Gasteiger partial charge is 0.298 e. The van der Waals surface area contributed by atoms with Crippen molar-refractivity contribution in [3.63, 3.8) is 0 Å². The van der Waals surface area contributed by atoms with Gasteiger partial charge in [0.25, 0.3) is 0 Å². The average molecular weight is 345 g/mol. The van der Waals surface area contributed by atoms with Gasteiger partial charge in [0, 0.05) is 10.8 Å². The molecule has 0 aromatic carbocycles.